The first-order valence-corrected chi connectivity index (χ1v) is 8.66. The minimum absolute atomic E-state index is 0.143. The standard InChI is InChI=1S/C16H21BrN6O/c1-10-3-11(17)6-19-16(10)20-7-12-4-13(24)8-23(12)15-5-14(18-2)21-9-22-15/h3,5-6,9,12-13,24H,4,7-8H2,1-2H3,(H,19,20)(H,18,21,22)/t12-,13-/m1/s1. The van der Waals surface area contributed by atoms with Gasteiger partial charge in [0.25, 0.3) is 0 Å². The molecule has 0 bridgehead atoms. The fourth-order valence-corrected chi connectivity index (χ4v) is 3.39. The van der Waals surface area contributed by atoms with Crippen LogP contribution in [-0.4, -0.2) is 52.3 Å². The summed E-state index contributed by atoms with van der Waals surface area (Å²) in [7, 11) is 1.83. The smallest absolute Gasteiger partial charge is 0.134 e. The number of hydrogen-bond donors (Lipinski definition) is 3. The van der Waals surface area contributed by atoms with E-state index < -0.39 is 0 Å². The fraction of sp³-hybridized carbons (Fsp3) is 0.438. The van der Waals surface area contributed by atoms with Crippen molar-refractivity contribution in [2.45, 2.75) is 25.5 Å². The molecule has 3 heterocycles. The van der Waals surface area contributed by atoms with Gasteiger partial charge in [-0.1, -0.05) is 0 Å². The van der Waals surface area contributed by atoms with E-state index in [1.165, 1.54) is 6.33 Å². The van der Waals surface area contributed by atoms with Gasteiger partial charge in [-0.25, -0.2) is 15.0 Å². The second-order valence-electron chi connectivity index (χ2n) is 5.91. The van der Waals surface area contributed by atoms with E-state index in [4.69, 9.17) is 0 Å². The Balaban J connectivity index is 1.73. The van der Waals surface area contributed by atoms with Gasteiger partial charge in [-0.2, -0.15) is 0 Å². The average Bonchev–Trinajstić information content (AvgIpc) is 2.95. The molecule has 0 unspecified atom stereocenters. The number of aliphatic hydroxyl groups is 1. The molecule has 0 saturated carbocycles. The number of nitrogens with one attached hydrogen (secondary N) is 2. The van der Waals surface area contributed by atoms with Crippen molar-refractivity contribution in [3.05, 3.63) is 34.7 Å². The van der Waals surface area contributed by atoms with E-state index >= 15 is 0 Å². The van der Waals surface area contributed by atoms with Gasteiger partial charge in [0, 0.05) is 36.9 Å². The lowest BCUT2D eigenvalue weighted by Crippen LogP contribution is -2.36. The molecule has 2 aromatic rings. The molecular weight excluding hydrogens is 372 g/mol. The Hall–Kier alpha value is -1.93. The number of aryl methyl sites for hydroxylation is 1. The van der Waals surface area contributed by atoms with Gasteiger partial charge in [0.1, 0.15) is 23.8 Å². The molecule has 1 saturated heterocycles. The summed E-state index contributed by atoms with van der Waals surface area (Å²) in [5, 5.41) is 16.5. The molecular formula is C16H21BrN6O. The Morgan fingerprint density at radius 2 is 2.17 bits per heavy atom. The van der Waals surface area contributed by atoms with Crippen molar-refractivity contribution in [1.82, 2.24) is 15.0 Å². The fourth-order valence-electron chi connectivity index (χ4n) is 2.95. The summed E-state index contributed by atoms with van der Waals surface area (Å²) in [6.45, 7) is 3.27. The first kappa shape index (κ1) is 16.9. The van der Waals surface area contributed by atoms with Crippen LogP contribution in [0.4, 0.5) is 17.5 Å². The third-order valence-corrected chi connectivity index (χ3v) is 4.58. The maximum Gasteiger partial charge on any atom is 0.134 e. The van der Waals surface area contributed by atoms with E-state index in [1.807, 2.05) is 26.1 Å². The molecule has 0 aromatic carbocycles. The van der Waals surface area contributed by atoms with Gasteiger partial charge in [0.05, 0.1) is 12.1 Å². The van der Waals surface area contributed by atoms with Crippen LogP contribution in [0.3, 0.4) is 0 Å². The Morgan fingerprint density at radius 3 is 2.92 bits per heavy atom. The molecule has 2 atom stereocenters. The number of pyridine rings is 1. The molecule has 7 nitrogen and oxygen atoms in total. The second kappa shape index (κ2) is 7.31. The predicted octanol–water partition coefficient (Wildman–Crippen LogP) is 2.04. The summed E-state index contributed by atoms with van der Waals surface area (Å²) in [6, 6.07) is 4.07. The van der Waals surface area contributed by atoms with Crippen LogP contribution in [0, 0.1) is 6.92 Å². The molecule has 2 aromatic heterocycles. The van der Waals surface area contributed by atoms with Crippen LogP contribution >= 0.6 is 15.9 Å². The highest BCUT2D eigenvalue weighted by molar-refractivity contribution is 9.10. The molecule has 8 heteroatoms. The summed E-state index contributed by atoms with van der Waals surface area (Å²) in [6.07, 6.45) is 3.65. The zero-order chi connectivity index (χ0) is 17.1. The van der Waals surface area contributed by atoms with E-state index in [1.54, 1.807) is 6.20 Å². The number of hydrogen-bond acceptors (Lipinski definition) is 7. The molecule has 3 rings (SSSR count). The summed E-state index contributed by atoms with van der Waals surface area (Å²) in [4.78, 5) is 15.0. The molecule has 0 aliphatic carbocycles. The summed E-state index contributed by atoms with van der Waals surface area (Å²) in [5.41, 5.74) is 1.08. The number of anilines is 3. The van der Waals surface area contributed by atoms with Crippen molar-refractivity contribution in [2.75, 3.05) is 35.7 Å². The topological polar surface area (TPSA) is 86.2 Å². The van der Waals surface area contributed by atoms with Crippen LogP contribution < -0.4 is 15.5 Å². The Bertz CT molecular complexity index is 713. The van der Waals surface area contributed by atoms with E-state index in [-0.39, 0.29) is 12.1 Å². The number of aliphatic hydroxyl groups excluding tert-OH is 1. The Kier molecular flexibility index (Phi) is 5.15. The lowest BCUT2D eigenvalue weighted by Gasteiger charge is -2.26. The van der Waals surface area contributed by atoms with Gasteiger partial charge in [-0.05, 0) is 40.9 Å². The van der Waals surface area contributed by atoms with Crippen molar-refractivity contribution < 1.29 is 5.11 Å². The first-order valence-electron chi connectivity index (χ1n) is 7.87. The quantitative estimate of drug-likeness (QED) is 0.717. The molecule has 1 aliphatic rings. The SMILES string of the molecule is CNc1cc(N2C[C@H](O)C[C@@H]2CNc2ncc(Br)cc2C)ncn1. The van der Waals surface area contributed by atoms with E-state index in [2.05, 4.69) is 46.4 Å². The highest BCUT2D eigenvalue weighted by atomic mass is 79.9. The largest absolute Gasteiger partial charge is 0.391 e. The highest BCUT2D eigenvalue weighted by Gasteiger charge is 2.32. The lowest BCUT2D eigenvalue weighted by molar-refractivity contribution is 0.194. The van der Waals surface area contributed by atoms with E-state index in [9.17, 15) is 5.11 Å². The minimum Gasteiger partial charge on any atom is -0.391 e. The van der Waals surface area contributed by atoms with E-state index in [0.717, 1.165) is 27.5 Å². The minimum atomic E-state index is -0.358. The van der Waals surface area contributed by atoms with Crippen molar-refractivity contribution in [1.29, 1.82) is 0 Å². The molecule has 0 spiro atoms. The van der Waals surface area contributed by atoms with Gasteiger partial charge >= 0.3 is 0 Å². The average molecular weight is 393 g/mol. The van der Waals surface area contributed by atoms with Gasteiger partial charge in [-0.15, -0.1) is 0 Å². The van der Waals surface area contributed by atoms with Crippen LogP contribution in [0.5, 0.6) is 0 Å². The zero-order valence-corrected chi connectivity index (χ0v) is 15.3. The monoisotopic (exact) mass is 392 g/mol. The van der Waals surface area contributed by atoms with Crippen molar-refractivity contribution in [2.24, 2.45) is 0 Å². The number of aromatic nitrogens is 3. The van der Waals surface area contributed by atoms with Crippen LogP contribution in [0.15, 0.2) is 29.1 Å². The third-order valence-electron chi connectivity index (χ3n) is 4.15. The van der Waals surface area contributed by atoms with Crippen molar-refractivity contribution in [3.8, 4) is 0 Å². The third kappa shape index (κ3) is 3.76. The summed E-state index contributed by atoms with van der Waals surface area (Å²) in [5.74, 6) is 2.44. The molecule has 128 valence electrons. The van der Waals surface area contributed by atoms with Crippen molar-refractivity contribution >= 4 is 33.4 Å². The molecule has 0 radical (unpaired) electrons. The lowest BCUT2D eigenvalue weighted by atomic mass is 10.2. The summed E-state index contributed by atoms with van der Waals surface area (Å²) >= 11 is 3.42. The van der Waals surface area contributed by atoms with Crippen molar-refractivity contribution in [3.63, 3.8) is 0 Å². The molecule has 1 aliphatic heterocycles. The molecule has 3 N–H and O–H groups in total. The van der Waals surface area contributed by atoms with Gasteiger partial charge in [0.2, 0.25) is 0 Å². The highest BCUT2D eigenvalue weighted by Crippen LogP contribution is 2.26. The Morgan fingerprint density at radius 1 is 1.33 bits per heavy atom. The maximum absolute atomic E-state index is 10.1. The molecule has 0 amide bonds. The number of nitrogens with zero attached hydrogens (tertiary/aromatic N) is 4. The molecule has 1 fully saturated rings. The number of rotatable bonds is 5. The van der Waals surface area contributed by atoms with Crippen LogP contribution in [-0.2, 0) is 0 Å². The second-order valence-corrected chi connectivity index (χ2v) is 6.82. The molecule has 24 heavy (non-hydrogen) atoms. The van der Waals surface area contributed by atoms with Crippen LogP contribution in [0.2, 0.25) is 0 Å². The van der Waals surface area contributed by atoms with Gasteiger partial charge in [0.15, 0.2) is 0 Å². The first-order chi connectivity index (χ1) is 11.6. The number of β-amino-alcohol motifs (C(OH)–C–C–N with tert-alkyl or cyclic N) is 1. The zero-order valence-electron chi connectivity index (χ0n) is 13.7. The number of halogens is 1. The van der Waals surface area contributed by atoms with Gasteiger partial charge in [-0.3, -0.25) is 0 Å². The normalized spacial score (nSPS) is 20.2. The Labute approximate surface area is 149 Å². The van der Waals surface area contributed by atoms with Crippen LogP contribution in [0.1, 0.15) is 12.0 Å². The van der Waals surface area contributed by atoms with E-state index in [0.29, 0.717) is 19.5 Å². The maximum atomic E-state index is 10.1. The summed E-state index contributed by atoms with van der Waals surface area (Å²) < 4.78 is 0.962. The van der Waals surface area contributed by atoms with Gasteiger partial charge < -0.3 is 20.6 Å². The van der Waals surface area contributed by atoms with Crippen LogP contribution in [0.25, 0.3) is 0 Å². The predicted molar refractivity (Wildman–Crippen MR) is 98.5 cm³/mol.